The number of amides is 1. The molecule has 1 heterocycles. The Bertz CT molecular complexity index is 736. The van der Waals surface area contributed by atoms with E-state index in [2.05, 4.69) is 15.0 Å². The number of anilines is 1. The summed E-state index contributed by atoms with van der Waals surface area (Å²) in [4.78, 5) is 28.9. The summed E-state index contributed by atoms with van der Waals surface area (Å²) in [5.41, 5.74) is 0. The fourth-order valence-electron chi connectivity index (χ4n) is 5.70. The summed E-state index contributed by atoms with van der Waals surface area (Å²) < 4.78 is 40.1. The van der Waals surface area contributed by atoms with Gasteiger partial charge in [-0.2, -0.15) is 13.2 Å². The molecule has 5 rings (SSSR count). The first-order chi connectivity index (χ1) is 13.8. The van der Waals surface area contributed by atoms with Crippen molar-refractivity contribution in [2.75, 3.05) is 11.9 Å². The number of carbonyl (C=O) groups excluding carboxylic acids is 2. The Morgan fingerprint density at radius 2 is 1.76 bits per heavy atom. The van der Waals surface area contributed by atoms with Crippen molar-refractivity contribution < 1.29 is 27.5 Å². The number of aromatic nitrogens is 1. The average Bonchev–Trinajstić information content (AvgIpc) is 3.06. The molecule has 0 atom stereocenters. The molecule has 1 aromatic heterocycles. The van der Waals surface area contributed by atoms with Gasteiger partial charge in [-0.25, -0.2) is 4.98 Å². The Kier molecular flexibility index (Phi) is 5.86. The van der Waals surface area contributed by atoms with Gasteiger partial charge in [-0.1, -0.05) is 0 Å². The van der Waals surface area contributed by atoms with Crippen molar-refractivity contribution in [1.82, 2.24) is 4.98 Å². The minimum Gasteiger partial charge on any atom is -0.456 e. The van der Waals surface area contributed by atoms with Crippen LogP contribution >= 0.6 is 11.3 Å². The molecule has 0 aromatic carbocycles. The summed E-state index contributed by atoms with van der Waals surface area (Å²) in [6, 6.07) is 0. The molecule has 9 heteroatoms. The van der Waals surface area contributed by atoms with E-state index in [1.54, 1.807) is 0 Å². The summed E-state index contributed by atoms with van der Waals surface area (Å²) in [5.74, 6) is 2.63. The van der Waals surface area contributed by atoms with Crippen molar-refractivity contribution in [3.8, 4) is 0 Å². The molecule has 160 valence electrons. The standard InChI is InChI=1S/C20H25F3N2O3S/c21-20(22,23)10-28-17(27)3-1-2-16(26)25-19-24-9-15(29-19)18-13-5-11-4-12(7-13)8-14(18)6-11/h9,11-14,18H,1-8,10H2,(H,24,25,26). The van der Waals surface area contributed by atoms with E-state index >= 15 is 0 Å². The first kappa shape index (κ1) is 20.6. The molecule has 0 unspecified atom stereocenters. The molecule has 1 N–H and O–H groups in total. The van der Waals surface area contributed by atoms with E-state index in [4.69, 9.17) is 0 Å². The van der Waals surface area contributed by atoms with Gasteiger partial charge in [0.05, 0.1) is 0 Å². The second-order valence-electron chi connectivity index (χ2n) is 8.70. The lowest BCUT2D eigenvalue weighted by atomic mass is 9.52. The smallest absolute Gasteiger partial charge is 0.422 e. The fourth-order valence-corrected chi connectivity index (χ4v) is 6.82. The Hall–Kier alpha value is -1.64. The molecule has 0 radical (unpaired) electrons. The number of hydrogen-bond acceptors (Lipinski definition) is 5. The Morgan fingerprint density at radius 3 is 2.38 bits per heavy atom. The maximum atomic E-state index is 12.1. The molecule has 0 saturated heterocycles. The van der Waals surface area contributed by atoms with Gasteiger partial charge in [0.25, 0.3) is 0 Å². The summed E-state index contributed by atoms with van der Waals surface area (Å²) in [5, 5.41) is 3.31. The van der Waals surface area contributed by atoms with E-state index in [0.29, 0.717) is 11.0 Å². The third kappa shape index (κ3) is 5.10. The van der Waals surface area contributed by atoms with Crippen LogP contribution in [-0.4, -0.2) is 29.6 Å². The lowest BCUT2D eigenvalue weighted by Crippen LogP contribution is -2.43. The highest BCUT2D eigenvalue weighted by Crippen LogP contribution is 2.60. The molecule has 4 fully saturated rings. The fraction of sp³-hybridized carbons (Fsp3) is 0.750. The first-order valence-electron chi connectivity index (χ1n) is 10.2. The third-order valence-corrected chi connectivity index (χ3v) is 7.52. The number of halogens is 3. The summed E-state index contributed by atoms with van der Waals surface area (Å²) >= 11 is 1.53. The number of nitrogens with one attached hydrogen (secondary N) is 1. The quantitative estimate of drug-likeness (QED) is 0.625. The van der Waals surface area contributed by atoms with Gasteiger partial charge in [-0.15, -0.1) is 11.3 Å². The highest BCUT2D eigenvalue weighted by atomic mass is 32.1. The van der Waals surface area contributed by atoms with Gasteiger partial charge in [-0.05, 0) is 62.2 Å². The third-order valence-electron chi connectivity index (χ3n) is 6.51. The zero-order valence-electron chi connectivity index (χ0n) is 16.0. The van der Waals surface area contributed by atoms with E-state index in [-0.39, 0.29) is 25.2 Å². The van der Waals surface area contributed by atoms with Crippen molar-refractivity contribution in [3.63, 3.8) is 0 Å². The number of ether oxygens (including phenoxy) is 1. The Morgan fingerprint density at radius 1 is 1.10 bits per heavy atom. The normalized spacial score (nSPS) is 30.4. The van der Waals surface area contributed by atoms with Crippen LogP contribution in [0.25, 0.3) is 0 Å². The molecule has 29 heavy (non-hydrogen) atoms. The van der Waals surface area contributed by atoms with E-state index in [9.17, 15) is 22.8 Å². The molecule has 4 aliphatic rings. The van der Waals surface area contributed by atoms with E-state index in [1.807, 2.05) is 6.20 Å². The molecule has 0 spiro atoms. The number of rotatable bonds is 7. The zero-order valence-corrected chi connectivity index (χ0v) is 16.9. The van der Waals surface area contributed by atoms with E-state index < -0.39 is 18.8 Å². The van der Waals surface area contributed by atoms with Crippen molar-refractivity contribution in [1.29, 1.82) is 0 Å². The van der Waals surface area contributed by atoms with Crippen LogP contribution in [0.3, 0.4) is 0 Å². The number of carbonyl (C=O) groups is 2. The SMILES string of the molecule is O=C(CCCC(=O)OCC(F)(F)F)Nc1ncc(C2C3CC4CC(C3)CC2C4)s1. The molecule has 1 aromatic rings. The molecule has 5 nitrogen and oxygen atoms in total. The van der Waals surface area contributed by atoms with Crippen molar-refractivity contribution in [3.05, 3.63) is 11.1 Å². The highest BCUT2D eigenvalue weighted by Gasteiger charge is 2.49. The van der Waals surface area contributed by atoms with Crippen molar-refractivity contribution >= 4 is 28.3 Å². The van der Waals surface area contributed by atoms with Crippen LogP contribution < -0.4 is 5.32 Å². The molecular weight excluding hydrogens is 405 g/mol. The number of hydrogen-bond donors (Lipinski definition) is 1. The predicted molar refractivity (Wildman–Crippen MR) is 101 cm³/mol. The second-order valence-corrected chi connectivity index (χ2v) is 9.76. The number of esters is 1. The molecule has 0 aliphatic heterocycles. The van der Waals surface area contributed by atoms with Crippen LogP contribution in [-0.2, 0) is 14.3 Å². The highest BCUT2D eigenvalue weighted by molar-refractivity contribution is 7.15. The largest absolute Gasteiger partial charge is 0.456 e. The van der Waals surface area contributed by atoms with E-state index in [1.165, 1.54) is 48.3 Å². The van der Waals surface area contributed by atoms with Gasteiger partial charge >= 0.3 is 12.1 Å². The van der Waals surface area contributed by atoms with Gasteiger partial charge in [0.1, 0.15) is 0 Å². The Balaban J connectivity index is 1.22. The maximum absolute atomic E-state index is 12.1. The van der Waals surface area contributed by atoms with Gasteiger partial charge in [0, 0.05) is 29.8 Å². The average molecular weight is 430 g/mol. The van der Waals surface area contributed by atoms with E-state index in [0.717, 1.165) is 23.7 Å². The van der Waals surface area contributed by atoms with Crippen LogP contribution in [0.5, 0.6) is 0 Å². The molecule has 1 amide bonds. The summed E-state index contributed by atoms with van der Waals surface area (Å²) in [7, 11) is 0. The van der Waals surface area contributed by atoms with Crippen LogP contribution in [0, 0.1) is 23.7 Å². The number of alkyl halides is 3. The van der Waals surface area contributed by atoms with Gasteiger partial charge in [0.2, 0.25) is 5.91 Å². The van der Waals surface area contributed by atoms with Crippen LogP contribution in [0.2, 0.25) is 0 Å². The van der Waals surface area contributed by atoms with Gasteiger partial charge < -0.3 is 10.1 Å². The van der Waals surface area contributed by atoms with Crippen LogP contribution in [0.4, 0.5) is 18.3 Å². The lowest BCUT2D eigenvalue weighted by Gasteiger charge is -2.54. The first-order valence-corrected chi connectivity index (χ1v) is 11.1. The van der Waals surface area contributed by atoms with Crippen molar-refractivity contribution in [2.24, 2.45) is 23.7 Å². The minimum absolute atomic E-state index is 0.0358. The van der Waals surface area contributed by atoms with Gasteiger partial charge in [0.15, 0.2) is 11.7 Å². The molecule has 4 aliphatic carbocycles. The topological polar surface area (TPSA) is 68.3 Å². The maximum Gasteiger partial charge on any atom is 0.422 e. The lowest BCUT2D eigenvalue weighted by molar-refractivity contribution is -0.186. The molecule has 4 bridgehead atoms. The van der Waals surface area contributed by atoms with Crippen molar-refractivity contribution in [2.45, 2.75) is 63.5 Å². The number of nitrogens with zero attached hydrogens (tertiary/aromatic N) is 1. The summed E-state index contributed by atoms with van der Waals surface area (Å²) in [6.45, 7) is -1.59. The van der Waals surface area contributed by atoms with Gasteiger partial charge in [-0.3, -0.25) is 9.59 Å². The van der Waals surface area contributed by atoms with Crippen LogP contribution in [0.15, 0.2) is 6.20 Å². The zero-order chi connectivity index (χ0) is 20.6. The minimum atomic E-state index is -4.53. The predicted octanol–water partition coefficient (Wildman–Crippen LogP) is 4.90. The monoisotopic (exact) mass is 430 g/mol. The molecular formula is C20H25F3N2O3S. The second kappa shape index (κ2) is 8.24. The Labute approximate surface area is 171 Å². The number of thiazole rings is 1. The summed E-state index contributed by atoms with van der Waals surface area (Å²) in [6.07, 6.45) is 4.00. The van der Waals surface area contributed by atoms with Crippen LogP contribution in [0.1, 0.15) is 62.2 Å². The molecule has 4 saturated carbocycles.